The van der Waals surface area contributed by atoms with Crippen molar-refractivity contribution in [3.63, 3.8) is 0 Å². The monoisotopic (exact) mass is 372 g/mol. The van der Waals surface area contributed by atoms with Gasteiger partial charge in [-0.15, -0.1) is 0 Å². The summed E-state index contributed by atoms with van der Waals surface area (Å²) in [5.74, 6) is 0.615. The first-order chi connectivity index (χ1) is 12.4. The van der Waals surface area contributed by atoms with Gasteiger partial charge in [-0.25, -0.2) is 5.01 Å². The van der Waals surface area contributed by atoms with Crippen LogP contribution in [0.4, 0.5) is 5.69 Å². The van der Waals surface area contributed by atoms with Crippen LogP contribution in [0, 0.1) is 0 Å². The van der Waals surface area contributed by atoms with Crippen LogP contribution in [0.25, 0.3) is 0 Å². The zero-order chi connectivity index (χ0) is 18.5. The normalized spacial score (nSPS) is 24.4. The van der Waals surface area contributed by atoms with Crippen molar-refractivity contribution in [1.82, 2.24) is 5.01 Å². The van der Waals surface area contributed by atoms with E-state index in [4.69, 9.17) is 16.3 Å². The fourth-order valence-electron chi connectivity index (χ4n) is 3.72. The third-order valence-corrected chi connectivity index (χ3v) is 5.28. The van der Waals surface area contributed by atoms with Crippen LogP contribution in [-0.4, -0.2) is 34.3 Å². The molecule has 0 spiro atoms. The number of para-hydroxylation sites is 1. The molecule has 5 nitrogen and oxygen atoms in total. The summed E-state index contributed by atoms with van der Waals surface area (Å²) in [7, 11) is 0. The molecule has 0 radical (unpaired) electrons. The van der Waals surface area contributed by atoms with E-state index in [0.717, 1.165) is 11.3 Å². The highest BCUT2D eigenvalue weighted by Crippen LogP contribution is 2.46. The lowest BCUT2D eigenvalue weighted by atomic mass is 9.86. The highest BCUT2D eigenvalue weighted by molar-refractivity contribution is 6.30. The highest BCUT2D eigenvalue weighted by Gasteiger charge is 2.49. The van der Waals surface area contributed by atoms with E-state index in [9.17, 15) is 9.90 Å². The van der Waals surface area contributed by atoms with Gasteiger partial charge in [-0.3, -0.25) is 9.80 Å². The van der Waals surface area contributed by atoms with Gasteiger partial charge in [-0.2, -0.15) is 0 Å². The van der Waals surface area contributed by atoms with Crippen molar-refractivity contribution in [1.29, 1.82) is 0 Å². The summed E-state index contributed by atoms with van der Waals surface area (Å²) in [6.07, 6.45) is -0.503. The molecule has 2 aromatic carbocycles. The van der Waals surface area contributed by atoms with Gasteiger partial charge in [-0.1, -0.05) is 29.8 Å². The van der Waals surface area contributed by atoms with Crippen LogP contribution >= 0.6 is 11.6 Å². The third kappa shape index (κ3) is 2.72. The zero-order valence-electron chi connectivity index (χ0n) is 14.7. The molecule has 2 atom stereocenters. The number of anilines is 1. The quantitative estimate of drug-likeness (QED) is 0.875. The number of nitrogens with zero attached hydrogens (tertiary/aromatic N) is 2. The van der Waals surface area contributed by atoms with Crippen LogP contribution in [0.2, 0.25) is 5.02 Å². The number of carbonyl (C=O) groups is 1. The Balaban J connectivity index is 1.84. The number of aliphatic hydroxyl groups excluding tert-OH is 1. The molecule has 0 aliphatic carbocycles. The lowest BCUT2D eigenvalue weighted by molar-refractivity contribution is -0.140. The summed E-state index contributed by atoms with van der Waals surface area (Å²) in [5.41, 5.74) is 0.801. The van der Waals surface area contributed by atoms with E-state index in [0.29, 0.717) is 23.7 Å². The smallest absolute Gasteiger partial charge is 0.243 e. The van der Waals surface area contributed by atoms with E-state index in [1.165, 1.54) is 0 Å². The molecule has 1 saturated heterocycles. The third-order valence-electron chi connectivity index (χ3n) is 5.05. The topological polar surface area (TPSA) is 53.0 Å². The standard InChI is InChI=1S/C20H21ClN2O3/c1-20(2)19(25)18(15-12-13(21)8-9-16(15)26-20)23-17(24)10-11-22(23)14-6-4-3-5-7-14/h3-9,12,18-19,25H,10-11H2,1-2H3. The van der Waals surface area contributed by atoms with Gasteiger partial charge in [0, 0.05) is 23.6 Å². The Morgan fingerprint density at radius 2 is 1.92 bits per heavy atom. The lowest BCUT2D eigenvalue weighted by Gasteiger charge is -2.47. The first kappa shape index (κ1) is 17.2. The maximum atomic E-state index is 12.8. The number of aliphatic hydroxyl groups is 1. The Kier molecular flexibility index (Phi) is 4.09. The van der Waals surface area contributed by atoms with Gasteiger partial charge in [0.15, 0.2) is 0 Å². The SMILES string of the molecule is CC1(C)Oc2ccc(Cl)cc2C(N2C(=O)CCN2c2ccccc2)C1O. The number of hydrazine groups is 1. The molecule has 2 unspecified atom stereocenters. The molecule has 1 N–H and O–H groups in total. The average molecular weight is 373 g/mol. The summed E-state index contributed by atoms with van der Waals surface area (Å²) in [6.45, 7) is 4.23. The summed E-state index contributed by atoms with van der Waals surface area (Å²) in [6, 6.07) is 14.5. The molecule has 0 aromatic heterocycles. The van der Waals surface area contributed by atoms with E-state index >= 15 is 0 Å². The predicted octanol–water partition coefficient (Wildman–Crippen LogP) is 3.57. The van der Waals surface area contributed by atoms with Crippen molar-refractivity contribution in [3.8, 4) is 5.75 Å². The molecule has 1 fully saturated rings. The predicted molar refractivity (Wildman–Crippen MR) is 100 cm³/mol. The number of amides is 1. The minimum atomic E-state index is -0.901. The summed E-state index contributed by atoms with van der Waals surface area (Å²) in [5, 5.41) is 15.2. The van der Waals surface area contributed by atoms with Gasteiger partial charge in [0.05, 0.1) is 5.69 Å². The van der Waals surface area contributed by atoms with Crippen LogP contribution in [0.15, 0.2) is 48.5 Å². The van der Waals surface area contributed by atoms with Crippen LogP contribution in [0.5, 0.6) is 5.75 Å². The molecule has 1 amide bonds. The van der Waals surface area contributed by atoms with E-state index in [1.807, 2.05) is 49.2 Å². The molecule has 2 aromatic rings. The number of ether oxygens (including phenoxy) is 1. The molecular weight excluding hydrogens is 352 g/mol. The number of carbonyl (C=O) groups excluding carboxylic acids is 1. The Labute approximate surface area is 157 Å². The Bertz CT molecular complexity index is 840. The van der Waals surface area contributed by atoms with E-state index in [-0.39, 0.29) is 5.91 Å². The largest absolute Gasteiger partial charge is 0.485 e. The second kappa shape index (κ2) is 6.18. The molecule has 6 heteroatoms. The van der Waals surface area contributed by atoms with Gasteiger partial charge >= 0.3 is 0 Å². The number of hydrogen-bond donors (Lipinski definition) is 1. The van der Waals surface area contributed by atoms with Crippen LogP contribution in [0.1, 0.15) is 31.9 Å². The van der Waals surface area contributed by atoms with Crippen LogP contribution in [-0.2, 0) is 4.79 Å². The Morgan fingerprint density at radius 3 is 2.65 bits per heavy atom. The molecule has 2 aliphatic rings. The molecule has 0 saturated carbocycles. The molecular formula is C20H21ClN2O3. The molecule has 136 valence electrons. The lowest BCUT2D eigenvalue weighted by Crippen LogP contribution is -2.56. The van der Waals surface area contributed by atoms with Crippen molar-refractivity contribution in [2.45, 2.75) is 38.0 Å². The first-order valence-electron chi connectivity index (χ1n) is 8.69. The van der Waals surface area contributed by atoms with Crippen LogP contribution < -0.4 is 9.75 Å². The number of hydrogen-bond acceptors (Lipinski definition) is 4. The van der Waals surface area contributed by atoms with Gasteiger partial charge in [0.2, 0.25) is 5.91 Å². The fourth-order valence-corrected chi connectivity index (χ4v) is 3.90. The van der Waals surface area contributed by atoms with Gasteiger partial charge in [0.25, 0.3) is 0 Å². The molecule has 2 heterocycles. The second-order valence-corrected chi connectivity index (χ2v) is 7.66. The number of benzene rings is 2. The summed E-state index contributed by atoms with van der Waals surface area (Å²) < 4.78 is 5.99. The van der Waals surface area contributed by atoms with Crippen molar-refractivity contribution in [2.75, 3.05) is 11.6 Å². The van der Waals surface area contributed by atoms with Gasteiger partial charge in [-0.05, 0) is 44.2 Å². The van der Waals surface area contributed by atoms with E-state index in [1.54, 1.807) is 23.2 Å². The minimum Gasteiger partial charge on any atom is -0.485 e. The molecule has 2 aliphatic heterocycles. The van der Waals surface area contributed by atoms with Gasteiger partial charge in [0.1, 0.15) is 23.5 Å². The van der Waals surface area contributed by atoms with Crippen LogP contribution in [0.3, 0.4) is 0 Å². The maximum Gasteiger partial charge on any atom is 0.243 e. The van der Waals surface area contributed by atoms with Gasteiger partial charge < -0.3 is 9.84 Å². The Hall–Kier alpha value is -2.24. The highest BCUT2D eigenvalue weighted by atomic mass is 35.5. The van der Waals surface area contributed by atoms with Crippen molar-refractivity contribution in [2.24, 2.45) is 0 Å². The average Bonchev–Trinajstić information content (AvgIpc) is 2.99. The maximum absolute atomic E-state index is 12.8. The molecule has 0 bridgehead atoms. The Morgan fingerprint density at radius 1 is 1.19 bits per heavy atom. The van der Waals surface area contributed by atoms with E-state index in [2.05, 4.69) is 0 Å². The second-order valence-electron chi connectivity index (χ2n) is 7.22. The summed E-state index contributed by atoms with van der Waals surface area (Å²) >= 11 is 6.20. The van der Waals surface area contributed by atoms with Crippen molar-refractivity contribution < 1.29 is 14.6 Å². The minimum absolute atomic E-state index is 0.0264. The number of halogens is 1. The molecule has 4 rings (SSSR count). The van der Waals surface area contributed by atoms with E-state index < -0.39 is 17.7 Å². The fraction of sp³-hybridized carbons (Fsp3) is 0.350. The number of fused-ring (bicyclic) bond motifs is 1. The summed E-state index contributed by atoms with van der Waals surface area (Å²) in [4.78, 5) is 12.8. The van der Waals surface area contributed by atoms with Crippen molar-refractivity contribution in [3.05, 3.63) is 59.1 Å². The first-order valence-corrected chi connectivity index (χ1v) is 9.07. The van der Waals surface area contributed by atoms with Crippen molar-refractivity contribution >= 4 is 23.2 Å². The number of rotatable bonds is 2. The molecule has 26 heavy (non-hydrogen) atoms. The zero-order valence-corrected chi connectivity index (χ0v) is 15.5.